The summed E-state index contributed by atoms with van der Waals surface area (Å²) < 4.78 is 18.6. The summed E-state index contributed by atoms with van der Waals surface area (Å²) in [6.07, 6.45) is -0.300. The van der Waals surface area contributed by atoms with Crippen LogP contribution < -0.4 is 15.8 Å². The normalized spacial score (nSPS) is 12.7. The lowest BCUT2D eigenvalue weighted by Gasteiger charge is -2.17. The lowest BCUT2D eigenvalue weighted by molar-refractivity contribution is -0.122. The number of nitrogens with one attached hydrogen (secondary N) is 1. The molecule has 2 aromatic rings. The number of rotatable bonds is 6. The van der Waals surface area contributed by atoms with Crippen molar-refractivity contribution in [2.75, 3.05) is 6.54 Å². The van der Waals surface area contributed by atoms with Gasteiger partial charge in [0.15, 0.2) is 0 Å². The summed E-state index contributed by atoms with van der Waals surface area (Å²) in [4.78, 5) is 12.1. The maximum atomic E-state index is 13.1. The summed E-state index contributed by atoms with van der Waals surface area (Å²) >= 11 is 0. The van der Waals surface area contributed by atoms with Crippen molar-refractivity contribution >= 4 is 18.3 Å². The van der Waals surface area contributed by atoms with Gasteiger partial charge in [-0.2, -0.15) is 0 Å². The molecule has 0 aliphatic rings. The quantitative estimate of drug-likeness (QED) is 0.839. The zero-order valence-corrected chi connectivity index (χ0v) is 14.5. The zero-order chi connectivity index (χ0) is 16.8. The highest BCUT2D eigenvalue weighted by atomic mass is 35.5. The molecule has 2 unspecified atom stereocenters. The van der Waals surface area contributed by atoms with Crippen LogP contribution in [0, 0.1) is 12.7 Å². The fourth-order valence-electron chi connectivity index (χ4n) is 2.09. The van der Waals surface area contributed by atoms with Crippen molar-refractivity contribution in [1.82, 2.24) is 5.32 Å². The third-order valence-corrected chi connectivity index (χ3v) is 3.42. The molecule has 0 saturated carbocycles. The molecule has 0 fully saturated rings. The van der Waals surface area contributed by atoms with Crippen LogP contribution >= 0.6 is 12.4 Å². The van der Waals surface area contributed by atoms with E-state index in [0.717, 1.165) is 11.1 Å². The second kappa shape index (κ2) is 9.25. The van der Waals surface area contributed by atoms with Crippen LogP contribution in [0.1, 0.15) is 24.1 Å². The second-order valence-corrected chi connectivity index (χ2v) is 5.52. The maximum absolute atomic E-state index is 13.1. The summed E-state index contributed by atoms with van der Waals surface area (Å²) in [7, 11) is 0. The van der Waals surface area contributed by atoms with Crippen LogP contribution in [-0.4, -0.2) is 18.6 Å². The minimum Gasteiger partial charge on any atom is -0.489 e. The first-order valence-electron chi connectivity index (χ1n) is 7.48. The van der Waals surface area contributed by atoms with Crippen molar-refractivity contribution in [1.29, 1.82) is 0 Å². The molecule has 2 rings (SSSR count). The van der Waals surface area contributed by atoms with Crippen LogP contribution in [0.15, 0.2) is 48.5 Å². The van der Waals surface area contributed by atoms with Crippen LogP contribution in [0.25, 0.3) is 0 Å². The van der Waals surface area contributed by atoms with Crippen molar-refractivity contribution in [3.63, 3.8) is 0 Å². The van der Waals surface area contributed by atoms with Crippen LogP contribution in [0.5, 0.6) is 5.75 Å². The van der Waals surface area contributed by atoms with Gasteiger partial charge in [-0.3, -0.25) is 4.79 Å². The first-order valence-corrected chi connectivity index (χ1v) is 7.48. The molecule has 2 aromatic carbocycles. The highest BCUT2D eigenvalue weighted by Gasteiger charge is 2.16. The van der Waals surface area contributed by atoms with Crippen molar-refractivity contribution in [3.8, 4) is 5.75 Å². The number of carbonyl (C=O) groups excluding carboxylic acids is 1. The minimum atomic E-state index is -0.725. The summed E-state index contributed by atoms with van der Waals surface area (Å²) in [6.45, 7) is 4.05. The molecule has 0 bridgehead atoms. The van der Waals surface area contributed by atoms with Gasteiger partial charge in [-0.05, 0) is 31.5 Å². The lowest BCUT2D eigenvalue weighted by Crippen LogP contribution is -2.39. The smallest absolute Gasteiger partial charge is 0.241 e. The monoisotopic (exact) mass is 352 g/mol. The number of benzene rings is 2. The first kappa shape index (κ1) is 19.9. The van der Waals surface area contributed by atoms with Gasteiger partial charge in [-0.25, -0.2) is 4.39 Å². The van der Waals surface area contributed by atoms with Gasteiger partial charge in [0.1, 0.15) is 23.7 Å². The standard InChI is InChI=1S/C18H21FN2O2.ClH/c1-12-6-8-14(9-7-12)17(20)18(22)21-11-13(2)23-16-5-3-4-15(19)10-16;/h3-10,13,17H,11,20H2,1-2H3,(H,21,22);1H. The van der Waals surface area contributed by atoms with E-state index >= 15 is 0 Å². The molecular formula is C18H22ClFN2O2. The van der Waals surface area contributed by atoms with E-state index in [4.69, 9.17) is 10.5 Å². The average Bonchev–Trinajstić information content (AvgIpc) is 2.52. The molecule has 0 aliphatic heterocycles. The summed E-state index contributed by atoms with van der Waals surface area (Å²) in [5.74, 6) is -0.210. The van der Waals surface area contributed by atoms with Gasteiger partial charge in [-0.15, -0.1) is 12.4 Å². The van der Waals surface area contributed by atoms with Crippen molar-refractivity contribution < 1.29 is 13.9 Å². The topological polar surface area (TPSA) is 64.4 Å². The van der Waals surface area contributed by atoms with Crippen LogP contribution in [0.3, 0.4) is 0 Å². The Morgan fingerprint density at radius 1 is 1.25 bits per heavy atom. The number of halogens is 2. The molecule has 2 atom stereocenters. The van der Waals surface area contributed by atoms with Gasteiger partial charge in [0.05, 0.1) is 6.54 Å². The SMILES string of the molecule is Cc1ccc(C(N)C(=O)NCC(C)Oc2cccc(F)c2)cc1.Cl. The molecule has 0 aromatic heterocycles. The van der Waals surface area contributed by atoms with Gasteiger partial charge < -0.3 is 15.8 Å². The van der Waals surface area contributed by atoms with E-state index in [1.54, 1.807) is 19.1 Å². The Labute approximate surface area is 147 Å². The summed E-state index contributed by atoms with van der Waals surface area (Å²) in [6, 6.07) is 12.7. The van der Waals surface area contributed by atoms with E-state index in [1.807, 2.05) is 31.2 Å². The number of hydrogen-bond donors (Lipinski definition) is 2. The van der Waals surface area contributed by atoms with Gasteiger partial charge in [0.2, 0.25) is 5.91 Å². The molecular weight excluding hydrogens is 331 g/mol. The molecule has 0 aliphatic carbocycles. The molecule has 0 saturated heterocycles. The van der Waals surface area contributed by atoms with E-state index in [2.05, 4.69) is 5.32 Å². The Bertz CT molecular complexity index is 664. The number of carbonyl (C=O) groups is 1. The predicted molar refractivity (Wildman–Crippen MR) is 94.9 cm³/mol. The van der Waals surface area contributed by atoms with Gasteiger partial charge in [-0.1, -0.05) is 35.9 Å². The molecule has 4 nitrogen and oxygen atoms in total. The highest BCUT2D eigenvalue weighted by Crippen LogP contribution is 2.14. The average molecular weight is 353 g/mol. The molecule has 0 spiro atoms. The Morgan fingerprint density at radius 3 is 2.54 bits per heavy atom. The van der Waals surface area contributed by atoms with Crippen molar-refractivity contribution in [3.05, 3.63) is 65.5 Å². The minimum absolute atomic E-state index is 0. The van der Waals surface area contributed by atoms with Crippen LogP contribution in [0.4, 0.5) is 4.39 Å². The van der Waals surface area contributed by atoms with Crippen LogP contribution in [0.2, 0.25) is 0 Å². The highest BCUT2D eigenvalue weighted by molar-refractivity contribution is 5.85. The maximum Gasteiger partial charge on any atom is 0.241 e. The largest absolute Gasteiger partial charge is 0.489 e. The van der Waals surface area contributed by atoms with E-state index in [1.165, 1.54) is 12.1 Å². The molecule has 6 heteroatoms. The summed E-state index contributed by atoms with van der Waals surface area (Å²) in [5, 5.41) is 2.75. The summed E-state index contributed by atoms with van der Waals surface area (Å²) in [5.41, 5.74) is 7.81. The zero-order valence-electron chi connectivity index (χ0n) is 13.7. The first-order chi connectivity index (χ1) is 11.0. The fraction of sp³-hybridized carbons (Fsp3) is 0.278. The molecule has 130 valence electrons. The predicted octanol–water partition coefficient (Wildman–Crippen LogP) is 3.14. The Morgan fingerprint density at radius 2 is 1.92 bits per heavy atom. The Balaban J connectivity index is 0.00000288. The number of aryl methyl sites for hydroxylation is 1. The van der Waals surface area contributed by atoms with Gasteiger partial charge in [0.25, 0.3) is 0 Å². The molecule has 24 heavy (non-hydrogen) atoms. The number of amides is 1. The third-order valence-electron chi connectivity index (χ3n) is 3.42. The lowest BCUT2D eigenvalue weighted by atomic mass is 10.1. The van der Waals surface area contributed by atoms with E-state index in [-0.39, 0.29) is 36.8 Å². The molecule has 3 N–H and O–H groups in total. The molecule has 1 amide bonds. The Hall–Kier alpha value is -2.11. The van der Waals surface area contributed by atoms with E-state index in [9.17, 15) is 9.18 Å². The Kier molecular flexibility index (Phi) is 7.68. The molecule has 0 radical (unpaired) electrons. The van der Waals surface area contributed by atoms with Crippen LogP contribution in [-0.2, 0) is 4.79 Å². The number of nitrogens with two attached hydrogens (primary N) is 1. The van der Waals surface area contributed by atoms with Crippen molar-refractivity contribution in [2.24, 2.45) is 5.73 Å². The van der Waals surface area contributed by atoms with Gasteiger partial charge >= 0.3 is 0 Å². The number of ether oxygens (including phenoxy) is 1. The van der Waals surface area contributed by atoms with Gasteiger partial charge in [0, 0.05) is 6.07 Å². The van der Waals surface area contributed by atoms with E-state index in [0.29, 0.717) is 5.75 Å². The fourth-order valence-corrected chi connectivity index (χ4v) is 2.09. The number of hydrogen-bond acceptors (Lipinski definition) is 3. The second-order valence-electron chi connectivity index (χ2n) is 5.52. The van der Waals surface area contributed by atoms with E-state index < -0.39 is 6.04 Å². The van der Waals surface area contributed by atoms with Crippen molar-refractivity contribution in [2.45, 2.75) is 26.0 Å². The third kappa shape index (κ3) is 5.83. The molecule has 0 heterocycles.